The highest BCUT2D eigenvalue weighted by Crippen LogP contribution is 2.68. The summed E-state index contributed by atoms with van der Waals surface area (Å²) in [4.78, 5) is 207. The topological polar surface area (TPSA) is 617 Å². The fourth-order valence-electron chi connectivity index (χ4n) is 19.6. The second-order valence-electron chi connectivity index (χ2n) is 35.6. The van der Waals surface area contributed by atoms with Crippen molar-refractivity contribution < 1.29 is 127 Å². The van der Waals surface area contributed by atoms with Crippen LogP contribution in [0.2, 0.25) is 0 Å². The number of aromatic amines is 1. The van der Waals surface area contributed by atoms with E-state index in [0.717, 1.165) is 38.1 Å². The van der Waals surface area contributed by atoms with Gasteiger partial charge in [-0.2, -0.15) is 0 Å². The molecular formula is C93H124IN15O26S2. The number of para-hydroxylation sites is 1. The first-order chi connectivity index (χ1) is 65.1. The molecule has 2 fully saturated rings. The number of rotatable bonds is 45. The number of methoxy groups -OCH3 is 2. The van der Waals surface area contributed by atoms with Crippen molar-refractivity contribution >= 4 is 150 Å². The molecule has 21 N–H and O–H groups in total. The third-order valence-electron chi connectivity index (χ3n) is 26.7. The molecule has 1 spiro atoms. The Bertz CT molecular complexity index is 5240. The number of esters is 1. The highest BCUT2D eigenvalue weighted by atomic mass is 127. The number of carbonyl (C=O) groups is 15. The monoisotopic (exact) mass is 2060 g/mol. The summed E-state index contributed by atoms with van der Waals surface area (Å²) < 4.78 is 19.9. The van der Waals surface area contributed by atoms with Gasteiger partial charge in [-0.3, -0.25) is 58.3 Å². The number of ether oxygens (including phenoxy) is 3. The second kappa shape index (κ2) is 48.3. The number of β-amino-alcohol motifs (C(OH)–C–C–N with tert-alkyl or cyclic N) is 1. The van der Waals surface area contributed by atoms with Gasteiger partial charge in [0.2, 0.25) is 35.4 Å². The summed E-state index contributed by atoms with van der Waals surface area (Å²) in [6.45, 7) is 7.98. The van der Waals surface area contributed by atoms with Gasteiger partial charge < -0.3 is 113 Å². The lowest BCUT2D eigenvalue weighted by atomic mass is 9.47. The van der Waals surface area contributed by atoms with Crippen LogP contribution >= 0.6 is 44.5 Å². The number of carboxylic acid groups (broad SMARTS) is 5. The van der Waals surface area contributed by atoms with E-state index in [1.807, 2.05) is 67.7 Å². The Morgan fingerprint density at radius 1 is 0.620 bits per heavy atom. The van der Waals surface area contributed by atoms with Gasteiger partial charge in [0.15, 0.2) is 5.60 Å². The van der Waals surface area contributed by atoms with Gasteiger partial charge in [-0.05, 0) is 118 Å². The predicted molar refractivity (Wildman–Crippen MR) is 511 cm³/mol. The molecule has 44 heteroatoms. The molecule has 1 saturated carbocycles. The third-order valence-corrected chi connectivity index (χ3v) is 29.9. The molecule has 5 aromatic rings. The Morgan fingerprint density at radius 2 is 1.20 bits per heavy atom. The second-order valence-corrected chi connectivity index (χ2v) is 39.5. The number of halogens is 1. The smallest absolute Gasteiger partial charge is 0.426 e. The molecule has 17 atom stereocenters. The zero-order valence-electron chi connectivity index (χ0n) is 77.2. The SMILES string of the molecule is CC[C@]1(O)CCCC[C@](C(=O)OC)(c2cc3c(cc2OC)N(C)C2[C@]34CCN3CC=C[C@](CC)([C@@H]34)[C@@H](O)[C@]2(O)C(=O)NNC(=O)OCCSSC[C@H](NC(=O)[C@H](CCC(=O)O)NC(=O)[C@@H](N)CNC(=O)[C@H](Cc2ccccc2)NC(=O)[C@H](Cc2ccccc2)NC(=O)C(C)CCC(C)NC(=O)CC[C@H](NC(=O)N[C@@H](CCC(=O)O)C(=O)O)C(=O)O)C(=O)O)c2[nH]c3ccccc3c2CCN(I)C1. The van der Waals surface area contributed by atoms with Gasteiger partial charge in [-0.25, -0.2) is 32.5 Å². The Morgan fingerprint density at radius 3 is 1.82 bits per heavy atom. The van der Waals surface area contributed by atoms with Crippen LogP contribution in [-0.2, 0) is 102 Å². The van der Waals surface area contributed by atoms with Gasteiger partial charge >= 0.3 is 47.9 Å². The predicted octanol–water partition coefficient (Wildman–Crippen LogP) is 3.48. The molecule has 1 aromatic heterocycles. The highest BCUT2D eigenvalue weighted by Gasteiger charge is 2.79. The number of nitrogens with zero attached hydrogens (tertiary/aromatic N) is 3. The number of amides is 10. The number of hydrogen-bond acceptors (Lipinski definition) is 27. The fourth-order valence-corrected chi connectivity index (χ4v) is 22.5. The van der Waals surface area contributed by atoms with Crippen LogP contribution in [0.15, 0.2) is 109 Å². The molecule has 3 unspecified atom stereocenters. The number of H-pyrrole nitrogens is 1. The molecule has 41 nitrogen and oxygen atoms in total. The average Bonchev–Trinajstić information content (AvgIpc) is 1.48. The minimum absolute atomic E-state index is 0.00894. The van der Waals surface area contributed by atoms with Crippen molar-refractivity contribution in [3.8, 4) is 5.75 Å². The number of aliphatic carboxylic acids is 5. The summed E-state index contributed by atoms with van der Waals surface area (Å²) in [6, 6.07) is 14.0. The van der Waals surface area contributed by atoms with E-state index in [0.29, 0.717) is 104 Å². The minimum Gasteiger partial charge on any atom is -0.496 e. The number of aromatic nitrogens is 1. The summed E-state index contributed by atoms with van der Waals surface area (Å²) in [5, 5.41) is 107. The van der Waals surface area contributed by atoms with Crippen molar-refractivity contribution in [2.75, 3.05) is 77.0 Å². The Balaban J connectivity index is 0.738. The third kappa shape index (κ3) is 25.6. The summed E-state index contributed by atoms with van der Waals surface area (Å²) >= 11 is 2.26. The maximum Gasteiger partial charge on any atom is 0.426 e. The number of hydrazine groups is 1. The average molecular weight is 2060 g/mol. The standard InChI is InChI=1S/C93H124IN15O26S2/c1-8-89(131)36-18-19-38-91(86(128)134-7,73-57(35-41-109(94)51-89)56-25-16-17-26-61(56)98-73)59-47-58-68(48-69(59)133-6)107(5)83-92(58)39-42-108-40-20-37-90(9-2,82(92)108)84(126)93(83,132)85(127)105-106-88(130)135-43-44-136-137-50-67(81(124)125)102-77(118)62(30-33-71(111)112)99-75(116)60(95)49-96-76(117)65(45-54-21-12-10-13-22-54)101-78(119)66(46-55-23-14-11-15-24-55)100-74(115)52(3)27-28-53(4)97-70(110)32-29-63(79(120)121)103-87(129)104-64(80(122)123)31-34-72(113)114/h10-17,20-26,37,47-48,52-53,60,62-67,82-84,98,126,131-132H,8-9,18-19,27-36,38-46,49-51,95H2,1-7H3,(H,96,117)(H,97,110)(H,99,116)(H,100,115)(H,101,119)(H,102,118)(H,105,127)(H,106,130)(H,111,112)(H,113,114)(H,120,121)(H,122,123)(H,124,125)(H2,103,104,129)/t52?,53?,60-,62-,63-,64-,65-,66-,67-,82+,83?,84+,89-,90+,91-,92+,93-/m0/s1. The summed E-state index contributed by atoms with van der Waals surface area (Å²) in [6.07, 6.45) is 1.03. The van der Waals surface area contributed by atoms with Crippen molar-refractivity contribution in [2.45, 2.75) is 232 Å². The van der Waals surface area contributed by atoms with Crippen molar-refractivity contribution in [3.05, 3.63) is 143 Å². The molecule has 746 valence electrons. The number of carbonyl (C=O) groups excluding carboxylic acids is 10. The van der Waals surface area contributed by atoms with Crippen molar-refractivity contribution in [2.24, 2.45) is 17.1 Å². The zero-order chi connectivity index (χ0) is 100. The lowest BCUT2D eigenvalue weighted by molar-refractivity contribution is -0.204. The number of carboxylic acids is 5. The van der Waals surface area contributed by atoms with Crippen molar-refractivity contribution in [1.82, 2.24) is 66.4 Å². The lowest BCUT2D eigenvalue weighted by Crippen LogP contribution is -2.82. The number of benzene rings is 4. The Hall–Kier alpha value is -11.4. The van der Waals surface area contributed by atoms with Gasteiger partial charge in [-0.1, -0.05) is 146 Å². The van der Waals surface area contributed by atoms with Crippen LogP contribution in [0.1, 0.15) is 158 Å². The summed E-state index contributed by atoms with van der Waals surface area (Å²) in [7, 11) is 6.52. The molecule has 10 amide bonds. The van der Waals surface area contributed by atoms with E-state index >= 15 is 9.59 Å². The molecule has 4 aromatic carbocycles. The number of aliphatic hydroxyl groups excluding tert-OH is 1. The summed E-state index contributed by atoms with van der Waals surface area (Å²) in [5.41, 5.74) is 8.31. The Labute approximate surface area is 813 Å². The maximum atomic E-state index is 15.6. The molecule has 1 aliphatic carbocycles. The zero-order valence-corrected chi connectivity index (χ0v) is 81.0. The van der Waals surface area contributed by atoms with E-state index in [2.05, 4.69) is 83.9 Å². The summed E-state index contributed by atoms with van der Waals surface area (Å²) in [5.74, 6) is -15.0. The van der Waals surface area contributed by atoms with Gasteiger partial charge in [0.25, 0.3) is 5.91 Å². The quantitative estimate of drug-likeness (QED) is 0.00504. The molecule has 4 aliphatic heterocycles. The Kier molecular flexibility index (Phi) is 37.9. The molecule has 10 rings (SSSR count). The van der Waals surface area contributed by atoms with Crippen LogP contribution in [-0.4, -0.2) is 293 Å². The first-order valence-electron chi connectivity index (χ1n) is 45.5. The van der Waals surface area contributed by atoms with Crippen molar-refractivity contribution in [3.63, 3.8) is 0 Å². The van der Waals surface area contributed by atoms with Crippen LogP contribution in [0.25, 0.3) is 10.9 Å². The van der Waals surface area contributed by atoms with E-state index in [-0.39, 0.29) is 56.6 Å². The number of aliphatic hydroxyl groups is 3. The van der Waals surface area contributed by atoms with Crippen LogP contribution in [0, 0.1) is 11.3 Å². The van der Waals surface area contributed by atoms with Crippen LogP contribution in [0.5, 0.6) is 5.75 Å². The molecule has 5 heterocycles. The van der Waals surface area contributed by atoms with Crippen molar-refractivity contribution in [1.29, 1.82) is 0 Å². The van der Waals surface area contributed by atoms with E-state index in [1.165, 1.54) is 14.2 Å². The normalized spacial score (nSPS) is 23.1. The molecule has 0 bridgehead atoms. The highest BCUT2D eigenvalue weighted by molar-refractivity contribution is 14.1. The van der Waals surface area contributed by atoms with Crippen LogP contribution < -0.4 is 68.8 Å². The van der Waals surface area contributed by atoms with E-state index in [9.17, 15) is 98.1 Å². The van der Waals surface area contributed by atoms with Gasteiger partial charge in [0.1, 0.15) is 66.2 Å². The number of fused-ring (bicyclic) bond motifs is 4. The number of nitrogens with one attached hydrogen (secondary N) is 11. The minimum atomic E-state index is -2.72. The van der Waals surface area contributed by atoms with E-state index in [1.54, 1.807) is 86.5 Å². The molecular weight excluding hydrogens is 1930 g/mol. The number of hydrogen-bond donors (Lipinski definition) is 20. The van der Waals surface area contributed by atoms with Crippen LogP contribution in [0.3, 0.4) is 0 Å². The molecule has 0 radical (unpaired) electrons. The van der Waals surface area contributed by atoms with E-state index in [4.69, 9.17) is 25.1 Å². The molecule has 137 heavy (non-hydrogen) atoms. The number of urea groups is 1. The van der Waals surface area contributed by atoms with Gasteiger partial charge in [-0.15, -0.1) is 0 Å². The number of likely N-dealkylation sites (N-methyl/N-ethyl adjacent to an activating group) is 1. The maximum absolute atomic E-state index is 15.6. The lowest BCUT2D eigenvalue weighted by Gasteiger charge is -2.63. The van der Waals surface area contributed by atoms with E-state index < -0.39 is 234 Å². The molecule has 1 saturated heterocycles. The number of nitrogens with two attached hydrogens (primary N) is 1. The van der Waals surface area contributed by atoms with Gasteiger partial charge in [0, 0.05) is 162 Å². The molecule has 5 aliphatic rings. The van der Waals surface area contributed by atoms with Crippen LogP contribution in [0.4, 0.5) is 15.3 Å². The first kappa shape index (κ1) is 108. The number of anilines is 1. The first-order valence-corrected chi connectivity index (χ1v) is 49.0. The largest absolute Gasteiger partial charge is 0.496 e. The van der Waals surface area contributed by atoms with Gasteiger partial charge in [0.05, 0.1) is 25.9 Å². The fraction of sp³-hybridized carbons (Fsp3) is 0.538.